The fraction of sp³-hybridized carbons (Fsp3) is 0.923. The highest BCUT2D eigenvalue weighted by atomic mass is 14.9. The molecule has 2 unspecified atom stereocenters. The van der Waals surface area contributed by atoms with Gasteiger partial charge in [0.15, 0.2) is 0 Å². The van der Waals surface area contributed by atoms with E-state index < -0.39 is 0 Å². The summed E-state index contributed by atoms with van der Waals surface area (Å²) in [7, 11) is 1.92. The van der Waals surface area contributed by atoms with Gasteiger partial charge in [-0.2, -0.15) is 5.26 Å². The zero-order valence-electron chi connectivity index (χ0n) is 10.6. The average molecular weight is 208 g/mol. The van der Waals surface area contributed by atoms with E-state index in [1.165, 1.54) is 19.3 Å². The Bertz CT molecular complexity index is 246. The highest BCUT2D eigenvalue weighted by Crippen LogP contribution is 2.39. The van der Waals surface area contributed by atoms with Crippen LogP contribution in [-0.4, -0.2) is 12.6 Å². The quantitative estimate of drug-likeness (QED) is 0.672. The molecule has 1 aliphatic carbocycles. The second-order valence-electron chi connectivity index (χ2n) is 5.94. The minimum absolute atomic E-state index is 0.250. The molecule has 0 saturated heterocycles. The lowest BCUT2D eigenvalue weighted by molar-refractivity contribution is 0.211. The van der Waals surface area contributed by atoms with Crippen molar-refractivity contribution in [2.75, 3.05) is 7.05 Å². The molecule has 2 heteroatoms. The second kappa shape index (κ2) is 4.53. The van der Waals surface area contributed by atoms with Gasteiger partial charge >= 0.3 is 0 Å². The van der Waals surface area contributed by atoms with Gasteiger partial charge in [-0.15, -0.1) is 0 Å². The molecule has 0 aromatic carbocycles. The van der Waals surface area contributed by atoms with Gasteiger partial charge in [-0.1, -0.05) is 27.2 Å². The molecule has 2 atom stereocenters. The number of hydrogen-bond acceptors (Lipinski definition) is 2. The van der Waals surface area contributed by atoms with E-state index in [0.717, 1.165) is 18.8 Å². The molecular formula is C13H24N2. The molecular weight excluding hydrogens is 184 g/mol. The van der Waals surface area contributed by atoms with Crippen molar-refractivity contribution < 1.29 is 0 Å². The van der Waals surface area contributed by atoms with E-state index in [0.29, 0.717) is 5.41 Å². The Morgan fingerprint density at radius 3 is 2.40 bits per heavy atom. The number of rotatable bonds is 1. The third-order valence-corrected chi connectivity index (χ3v) is 3.99. The normalized spacial score (nSPS) is 33.1. The molecule has 0 aliphatic heterocycles. The van der Waals surface area contributed by atoms with Gasteiger partial charge in [0.05, 0.1) is 6.07 Å². The molecule has 0 amide bonds. The summed E-state index contributed by atoms with van der Waals surface area (Å²) in [6.07, 6.45) is 5.64. The van der Waals surface area contributed by atoms with Crippen LogP contribution in [0.1, 0.15) is 52.9 Å². The third-order valence-electron chi connectivity index (χ3n) is 3.99. The van der Waals surface area contributed by atoms with Gasteiger partial charge in [0, 0.05) is 0 Å². The van der Waals surface area contributed by atoms with E-state index in [4.69, 9.17) is 0 Å². The first-order chi connectivity index (χ1) is 6.93. The van der Waals surface area contributed by atoms with Gasteiger partial charge < -0.3 is 5.32 Å². The van der Waals surface area contributed by atoms with Gasteiger partial charge in [-0.3, -0.25) is 0 Å². The lowest BCUT2D eigenvalue weighted by Crippen LogP contribution is -2.41. The molecule has 1 aliphatic rings. The number of nitrogens with one attached hydrogen (secondary N) is 1. The Morgan fingerprint density at radius 2 is 1.93 bits per heavy atom. The standard InChI is InChI=1S/C13H24N2/c1-12(2,3)11-6-5-8-13(10-14,15-4)9-7-11/h11,15H,5-9H2,1-4H3. The lowest BCUT2D eigenvalue weighted by Gasteiger charge is -2.30. The van der Waals surface area contributed by atoms with Gasteiger partial charge in [-0.25, -0.2) is 0 Å². The van der Waals surface area contributed by atoms with Gasteiger partial charge in [0.1, 0.15) is 5.54 Å². The van der Waals surface area contributed by atoms with Gasteiger partial charge in [-0.05, 0) is 44.1 Å². The molecule has 0 heterocycles. The summed E-state index contributed by atoms with van der Waals surface area (Å²) in [5.74, 6) is 0.765. The van der Waals surface area contributed by atoms with Gasteiger partial charge in [0.2, 0.25) is 0 Å². The van der Waals surface area contributed by atoms with Crippen LogP contribution in [0.2, 0.25) is 0 Å². The third kappa shape index (κ3) is 2.95. The average Bonchev–Trinajstić information content (AvgIpc) is 2.39. The SMILES string of the molecule is CNC1(C#N)CCCC(C(C)(C)C)CC1. The molecule has 1 N–H and O–H groups in total. The highest BCUT2D eigenvalue weighted by molar-refractivity contribution is 5.07. The van der Waals surface area contributed by atoms with Crippen LogP contribution in [0.5, 0.6) is 0 Å². The van der Waals surface area contributed by atoms with E-state index >= 15 is 0 Å². The van der Waals surface area contributed by atoms with Crippen molar-refractivity contribution in [1.82, 2.24) is 5.32 Å². The molecule has 1 rings (SSSR count). The lowest BCUT2D eigenvalue weighted by atomic mass is 9.76. The van der Waals surface area contributed by atoms with Crippen molar-refractivity contribution in [2.24, 2.45) is 11.3 Å². The predicted octanol–water partition coefficient (Wildman–Crippen LogP) is 3.09. The topological polar surface area (TPSA) is 35.8 Å². The molecule has 0 spiro atoms. The summed E-state index contributed by atoms with van der Waals surface area (Å²) >= 11 is 0. The summed E-state index contributed by atoms with van der Waals surface area (Å²) in [6, 6.07) is 2.47. The molecule has 86 valence electrons. The molecule has 2 nitrogen and oxygen atoms in total. The largest absolute Gasteiger partial charge is 0.302 e. The maximum atomic E-state index is 9.24. The summed E-state index contributed by atoms with van der Waals surface area (Å²) < 4.78 is 0. The number of nitriles is 1. The highest BCUT2D eigenvalue weighted by Gasteiger charge is 2.35. The molecule has 0 radical (unpaired) electrons. The first-order valence-electron chi connectivity index (χ1n) is 6.04. The van der Waals surface area contributed by atoms with Crippen molar-refractivity contribution >= 4 is 0 Å². The monoisotopic (exact) mass is 208 g/mol. The van der Waals surface area contributed by atoms with Crippen LogP contribution in [0, 0.1) is 22.7 Å². The van der Waals surface area contributed by atoms with Gasteiger partial charge in [0.25, 0.3) is 0 Å². The summed E-state index contributed by atoms with van der Waals surface area (Å²) in [4.78, 5) is 0. The minimum Gasteiger partial charge on any atom is -0.302 e. The second-order valence-corrected chi connectivity index (χ2v) is 5.94. The Hall–Kier alpha value is -0.550. The number of hydrogen-bond donors (Lipinski definition) is 1. The van der Waals surface area contributed by atoms with Crippen LogP contribution in [0.3, 0.4) is 0 Å². The van der Waals surface area contributed by atoms with Crippen LogP contribution in [0.25, 0.3) is 0 Å². The number of nitrogens with zero attached hydrogens (tertiary/aromatic N) is 1. The molecule has 0 bridgehead atoms. The Morgan fingerprint density at radius 1 is 1.27 bits per heavy atom. The molecule has 1 fully saturated rings. The first-order valence-corrected chi connectivity index (χ1v) is 6.04. The van der Waals surface area contributed by atoms with E-state index in [2.05, 4.69) is 32.2 Å². The molecule has 1 saturated carbocycles. The smallest absolute Gasteiger partial charge is 0.106 e. The van der Waals surface area contributed by atoms with Crippen LogP contribution < -0.4 is 5.32 Å². The Kier molecular flexibility index (Phi) is 3.78. The zero-order valence-corrected chi connectivity index (χ0v) is 10.6. The fourth-order valence-electron chi connectivity index (χ4n) is 2.62. The van der Waals surface area contributed by atoms with Crippen molar-refractivity contribution in [3.63, 3.8) is 0 Å². The van der Waals surface area contributed by atoms with E-state index in [1.807, 2.05) is 7.05 Å². The Labute approximate surface area is 94.1 Å². The summed E-state index contributed by atoms with van der Waals surface area (Å²) in [6.45, 7) is 6.95. The van der Waals surface area contributed by atoms with Crippen molar-refractivity contribution in [3.8, 4) is 6.07 Å². The Balaban J connectivity index is 2.68. The molecule has 0 aromatic rings. The van der Waals surface area contributed by atoms with Crippen LogP contribution >= 0.6 is 0 Å². The first kappa shape index (κ1) is 12.5. The maximum Gasteiger partial charge on any atom is 0.106 e. The van der Waals surface area contributed by atoms with E-state index in [1.54, 1.807) is 0 Å². The van der Waals surface area contributed by atoms with E-state index in [-0.39, 0.29) is 5.54 Å². The predicted molar refractivity (Wildman–Crippen MR) is 63.4 cm³/mol. The maximum absolute atomic E-state index is 9.24. The fourth-order valence-corrected chi connectivity index (χ4v) is 2.62. The summed E-state index contributed by atoms with van der Waals surface area (Å²) in [5, 5.41) is 12.5. The van der Waals surface area contributed by atoms with E-state index in [9.17, 15) is 5.26 Å². The van der Waals surface area contributed by atoms with Crippen molar-refractivity contribution in [2.45, 2.75) is 58.4 Å². The van der Waals surface area contributed by atoms with Crippen molar-refractivity contribution in [1.29, 1.82) is 5.26 Å². The molecule has 15 heavy (non-hydrogen) atoms. The van der Waals surface area contributed by atoms with Crippen LogP contribution in [0.4, 0.5) is 0 Å². The van der Waals surface area contributed by atoms with Crippen molar-refractivity contribution in [3.05, 3.63) is 0 Å². The van der Waals surface area contributed by atoms with Crippen LogP contribution in [-0.2, 0) is 0 Å². The van der Waals surface area contributed by atoms with Crippen LogP contribution in [0.15, 0.2) is 0 Å². The minimum atomic E-state index is -0.250. The summed E-state index contributed by atoms with van der Waals surface area (Å²) in [5.41, 5.74) is 0.138. The zero-order chi connectivity index (χ0) is 11.5. The molecule has 0 aromatic heterocycles.